The zero-order valence-electron chi connectivity index (χ0n) is 12.6. The highest BCUT2D eigenvalue weighted by atomic mass is 16.5. The van der Waals surface area contributed by atoms with Crippen molar-refractivity contribution in [1.29, 1.82) is 0 Å². The van der Waals surface area contributed by atoms with Crippen molar-refractivity contribution >= 4 is 5.91 Å². The molecule has 0 saturated carbocycles. The third kappa shape index (κ3) is 3.35. The van der Waals surface area contributed by atoms with Crippen LogP contribution in [0.1, 0.15) is 37.8 Å². The van der Waals surface area contributed by atoms with Gasteiger partial charge in [-0.25, -0.2) is 0 Å². The topological polar surface area (TPSA) is 47.4 Å². The third-order valence-corrected chi connectivity index (χ3v) is 4.41. The first-order valence-corrected chi connectivity index (χ1v) is 7.75. The van der Waals surface area contributed by atoms with Gasteiger partial charge in [0.25, 0.3) is 0 Å². The van der Waals surface area contributed by atoms with Crippen molar-refractivity contribution < 1.29 is 9.53 Å². The van der Waals surface area contributed by atoms with Crippen molar-refractivity contribution in [2.24, 2.45) is 0 Å². The van der Waals surface area contributed by atoms with Crippen molar-refractivity contribution in [2.75, 3.05) is 13.7 Å². The molecule has 1 aliphatic carbocycles. The number of ether oxygens (including phenoxy) is 1. The Kier molecular flexibility index (Phi) is 4.39. The van der Waals surface area contributed by atoms with Crippen LogP contribution < -0.4 is 0 Å². The highest BCUT2D eigenvalue weighted by Crippen LogP contribution is 2.22. The lowest BCUT2D eigenvalue weighted by Crippen LogP contribution is -2.37. The molecule has 114 valence electrons. The van der Waals surface area contributed by atoms with Gasteiger partial charge < -0.3 is 9.64 Å². The zero-order chi connectivity index (χ0) is 14.7. The summed E-state index contributed by atoms with van der Waals surface area (Å²) in [6, 6.07) is 1.98. The SMILES string of the molecule is COC1CN(C(=O)CC2=CCCCC2)Cc2ccnn2C1. The number of hydrogen-bond acceptors (Lipinski definition) is 3. The van der Waals surface area contributed by atoms with Gasteiger partial charge >= 0.3 is 0 Å². The zero-order valence-corrected chi connectivity index (χ0v) is 12.6. The van der Waals surface area contributed by atoms with E-state index < -0.39 is 0 Å². The van der Waals surface area contributed by atoms with Gasteiger partial charge in [-0.1, -0.05) is 11.6 Å². The first-order valence-electron chi connectivity index (χ1n) is 7.75. The van der Waals surface area contributed by atoms with Crippen LogP contribution in [-0.2, 0) is 22.6 Å². The minimum Gasteiger partial charge on any atom is -0.378 e. The maximum absolute atomic E-state index is 12.6. The molecule has 1 atom stereocenters. The van der Waals surface area contributed by atoms with Gasteiger partial charge in [-0.05, 0) is 31.7 Å². The van der Waals surface area contributed by atoms with Crippen LogP contribution in [0, 0.1) is 0 Å². The van der Waals surface area contributed by atoms with Gasteiger partial charge in [-0.15, -0.1) is 0 Å². The molecule has 21 heavy (non-hydrogen) atoms. The normalized spacial score (nSPS) is 22.4. The van der Waals surface area contributed by atoms with Crippen LogP contribution in [0.5, 0.6) is 0 Å². The maximum atomic E-state index is 12.6. The van der Waals surface area contributed by atoms with Crippen LogP contribution in [0.15, 0.2) is 23.9 Å². The van der Waals surface area contributed by atoms with Gasteiger partial charge in [0.15, 0.2) is 0 Å². The molecule has 5 heteroatoms. The van der Waals surface area contributed by atoms with E-state index in [4.69, 9.17) is 4.74 Å². The molecule has 0 fully saturated rings. The highest BCUT2D eigenvalue weighted by molar-refractivity contribution is 5.78. The van der Waals surface area contributed by atoms with Crippen molar-refractivity contribution in [3.05, 3.63) is 29.6 Å². The van der Waals surface area contributed by atoms with Crippen LogP contribution in [0.3, 0.4) is 0 Å². The van der Waals surface area contributed by atoms with E-state index in [0.717, 1.165) is 18.5 Å². The number of allylic oxidation sites excluding steroid dienone is 1. The van der Waals surface area contributed by atoms with E-state index in [1.54, 1.807) is 13.3 Å². The van der Waals surface area contributed by atoms with Gasteiger partial charge in [-0.2, -0.15) is 5.10 Å². The molecule has 3 rings (SSSR count). The van der Waals surface area contributed by atoms with Crippen LogP contribution in [-0.4, -0.2) is 40.3 Å². The molecule has 1 aromatic heterocycles. The first-order chi connectivity index (χ1) is 10.3. The standard InChI is InChI=1S/C16H23N3O2/c1-21-15-11-18(10-14-7-8-17-19(14)12-15)16(20)9-13-5-3-2-4-6-13/h5,7-8,15H,2-4,6,9-12H2,1H3. The number of amides is 1. The molecule has 0 aromatic carbocycles. The molecule has 0 radical (unpaired) electrons. The summed E-state index contributed by atoms with van der Waals surface area (Å²) < 4.78 is 7.44. The molecular formula is C16H23N3O2. The van der Waals surface area contributed by atoms with E-state index >= 15 is 0 Å². The summed E-state index contributed by atoms with van der Waals surface area (Å²) in [5.74, 6) is 0.208. The predicted molar refractivity (Wildman–Crippen MR) is 79.6 cm³/mol. The summed E-state index contributed by atoms with van der Waals surface area (Å²) in [6.07, 6.45) is 9.28. The van der Waals surface area contributed by atoms with Crippen molar-refractivity contribution in [3.8, 4) is 0 Å². The quantitative estimate of drug-likeness (QED) is 0.801. The lowest BCUT2D eigenvalue weighted by atomic mass is 9.97. The van der Waals surface area contributed by atoms with E-state index in [-0.39, 0.29) is 12.0 Å². The Labute approximate surface area is 125 Å². The molecule has 0 N–H and O–H groups in total. The molecule has 5 nitrogen and oxygen atoms in total. The predicted octanol–water partition coefficient (Wildman–Crippen LogP) is 2.13. The third-order valence-electron chi connectivity index (χ3n) is 4.41. The average Bonchev–Trinajstić information content (AvgIpc) is 2.85. The summed E-state index contributed by atoms with van der Waals surface area (Å²) in [5.41, 5.74) is 2.39. The summed E-state index contributed by atoms with van der Waals surface area (Å²) >= 11 is 0. The van der Waals surface area contributed by atoms with Gasteiger partial charge in [0.05, 0.1) is 24.9 Å². The summed E-state index contributed by atoms with van der Waals surface area (Å²) in [4.78, 5) is 14.5. The van der Waals surface area contributed by atoms with E-state index in [0.29, 0.717) is 26.1 Å². The number of fused-ring (bicyclic) bond motifs is 1. The van der Waals surface area contributed by atoms with Crippen molar-refractivity contribution in [3.63, 3.8) is 0 Å². The van der Waals surface area contributed by atoms with Gasteiger partial charge in [-0.3, -0.25) is 9.48 Å². The van der Waals surface area contributed by atoms with E-state index in [1.807, 2.05) is 15.6 Å². The number of hydrogen-bond donors (Lipinski definition) is 0. The number of methoxy groups -OCH3 is 1. The Bertz CT molecular complexity index is 535. The Hall–Kier alpha value is -1.62. The number of rotatable bonds is 3. The largest absolute Gasteiger partial charge is 0.378 e. The molecule has 0 bridgehead atoms. The minimum atomic E-state index is 0.00966. The van der Waals surface area contributed by atoms with Gasteiger partial charge in [0.1, 0.15) is 0 Å². The van der Waals surface area contributed by atoms with Crippen LogP contribution >= 0.6 is 0 Å². The molecule has 1 aromatic rings. The van der Waals surface area contributed by atoms with Crippen LogP contribution in [0.2, 0.25) is 0 Å². The molecule has 2 heterocycles. The second kappa shape index (κ2) is 6.43. The number of carbonyl (C=O) groups is 1. The molecule has 0 spiro atoms. The Morgan fingerprint density at radius 3 is 3.10 bits per heavy atom. The molecular weight excluding hydrogens is 266 g/mol. The smallest absolute Gasteiger partial charge is 0.227 e. The van der Waals surface area contributed by atoms with Gasteiger partial charge in [0, 0.05) is 26.3 Å². The Morgan fingerprint density at radius 1 is 1.43 bits per heavy atom. The summed E-state index contributed by atoms with van der Waals surface area (Å²) in [6.45, 7) is 1.99. The highest BCUT2D eigenvalue weighted by Gasteiger charge is 2.25. The number of nitrogens with zero attached hydrogens (tertiary/aromatic N) is 3. The lowest BCUT2D eigenvalue weighted by molar-refractivity contribution is -0.132. The molecule has 1 unspecified atom stereocenters. The maximum Gasteiger partial charge on any atom is 0.227 e. The molecule has 2 aliphatic rings. The second-order valence-corrected chi connectivity index (χ2v) is 5.92. The first kappa shape index (κ1) is 14.3. The summed E-state index contributed by atoms with van der Waals surface area (Å²) in [7, 11) is 1.70. The Balaban J connectivity index is 1.71. The molecule has 1 aliphatic heterocycles. The van der Waals surface area contributed by atoms with Crippen molar-refractivity contribution in [2.45, 2.75) is 51.3 Å². The average molecular weight is 289 g/mol. The summed E-state index contributed by atoms with van der Waals surface area (Å²) in [5, 5.41) is 4.31. The second-order valence-electron chi connectivity index (χ2n) is 5.92. The van der Waals surface area contributed by atoms with Crippen LogP contribution in [0.25, 0.3) is 0 Å². The minimum absolute atomic E-state index is 0.00966. The number of carbonyl (C=O) groups excluding carboxylic acids is 1. The molecule has 1 amide bonds. The fourth-order valence-corrected chi connectivity index (χ4v) is 3.13. The van der Waals surface area contributed by atoms with Gasteiger partial charge in [0.2, 0.25) is 5.91 Å². The fraction of sp³-hybridized carbons (Fsp3) is 0.625. The van der Waals surface area contributed by atoms with Crippen molar-refractivity contribution in [1.82, 2.24) is 14.7 Å². The Morgan fingerprint density at radius 2 is 2.33 bits per heavy atom. The monoisotopic (exact) mass is 289 g/mol. The van der Waals surface area contributed by atoms with Crippen LogP contribution in [0.4, 0.5) is 0 Å². The van der Waals surface area contributed by atoms with E-state index in [1.165, 1.54) is 18.4 Å². The van der Waals surface area contributed by atoms with E-state index in [9.17, 15) is 4.79 Å². The molecule has 0 saturated heterocycles. The number of aromatic nitrogens is 2. The fourth-order valence-electron chi connectivity index (χ4n) is 3.13. The lowest BCUT2D eigenvalue weighted by Gasteiger charge is -2.24. The van der Waals surface area contributed by atoms with E-state index in [2.05, 4.69) is 11.2 Å².